The highest BCUT2D eigenvalue weighted by Gasteiger charge is 2.07. The maximum atomic E-state index is 9.68. The van der Waals surface area contributed by atoms with E-state index in [1.54, 1.807) is 30.5 Å². The Morgan fingerprint density at radius 1 is 1.35 bits per heavy atom. The smallest absolute Gasteiger partial charge is 0.145 e. The zero-order chi connectivity index (χ0) is 14.5. The molecule has 0 fully saturated rings. The van der Waals surface area contributed by atoms with Gasteiger partial charge in [0.15, 0.2) is 0 Å². The lowest BCUT2D eigenvalue weighted by Gasteiger charge is -2.10. The zero-order valence-corrected chi connectivity index (χ0v) is 11.5. The molecule has 2 rings (SSSR count). The van der Waals surface area contributed by atoms with Crippen LogP contribution in [-0.4, -0.2) is 10.1 Å². The van der Waals surface area contributed by atoms with Crippen molar-refractivity contribution in [3.63, 3.8) is 0 Å². The van der Waals surface area contributed by atoms with E-state index in [4.69, 9.17) is 10.00 Å². The molecule has 0 radical (unpaired) electrons. The van der Waals surface area contributed by atoms with Gasteiger partial charge >= 0.3 is 0 Å². The summed E-state index contributed by atoms with van der Waals surface area (Å²) in [6.45, 7) is 3.81. The van der Waals surface area contributed by atoms with Crippen LogP contribution in [0.3, 0.4) is 0 Å². The highest BCUT2D eigenvalue weighted by atomic mass is 16.5. The van der Waals surface area contributed by atoms with Crippen LogP contribution in [0.1, 0.15) is 36.3 Å². The summed E-state index contributed by atoms with van der Waals surface area (Å²) in [4.78, 5) is 4.18. The minimum absolute atomic E-state index is 0.548. The van der Waals surface area contributed by atoms with Crippen LogP contribution in [0.4, 0.5) is 0 Å². The summed E-state index contributed by atoms with van der Waals surface area (Å²) in [5, 5.41) is 18.6. The molecule has 102 valence electrons. The Morgan fingerprint density at radius 3 is 2.75 bits per heavy atom. The summed E-state index contributed by atoms with van der Waals surface area (Å²) in [6, 6.07) is 10.9. The predicted octanol–water partition coefficient (Wildman–Crippen LogP) is 3.50. The fraction of sp³-hybridized carbons (Fsp3) is 0.250. The Labute approximate surface area is 118 Å². The van der Waals surface area contributed by atoms with Gasteiger partial charge in [-0.2, -0.15) is 5.26 Å². The Hall–Kier alpha value is -2.38. The van der Waals surface area contributed by atoms with Crippen LogP contribution < -0.4 is 4.74 Å². The molecule has 1 aromatic heterocycles. The molecule has 2 aromatic rings. The van der Waals surface area contributed by atoms with Gasteiger partial charge < -0.3 is 9.84 Å². The van der Waals surface area contributed by atoms with Gasteiger partial charge in [0.25, 0.3) is 0 Å². The monoisotopic (exact) mass is 268 g/mol. The molecule has 1 heterocycles. The standard InChI is InChI=1S/C16H16N2O2/c1-3-15(19)14-7-6-13(10-18-14)20-16-8-12(9-17)5-4-11(16)2/h4-8,10,15,19H,3H2,1-2H3/t15-/m0/s1. The highest BCUT2D eigenvalue weighted by molar-refractivity contribution is 5.43. The van der Waals surface area contributed by atoms with Gasteiger partial charge in [-0.05, 0) is 43.2 Å². The molecule has 0 amide bonds. The molecular weight excluding hydrogens is 252 g/mol. The van der Waals surface area contributed by atoms with Crippen molar-refractivity contribution in [3.8, 4) is 17.6 Å². The molecule has 0 spiro atoms. The van der Waals surface area contributed by atoms with Crippen molar-refractivity contribution in [3.05, 3.63) is 53.3 Å². The first-order valence-corrected chi connectivity index (χ1v) is 6.46. The predicted molar refractivity (Wildman–Crippen MR) is 75.5 cm³/mol. The van der Waals surface area contributed by atoms with Crippen molar-refractivity contribution in [2.75, 3.05) is 0 Å². The summed E-state index contributed by atoms with van der Waals surface area (Å²) in [7, 11) is 0. The maximum Gasteiger partial charge on any atom is 0.145 e. The van der Waals surface area contributed by atoms with E-state index in [0.29, 0.717) is 29.2 Å². The number of ether oxygens (including phenoxy) is 1. The molecule has 1 atom stereocenters. The number of benzene rings is 1. The lowest BCUT2D eigenvalue weighted by Crippen LogP contribution is -1.98. The number of aryl methyl sites for hydroxylation is 1. The number of rotatable bonds is 4. The summed E-state index contributed by atoms with van der Waals surface area (Å²) in [5.41, 5.74) is 2.13. The molecule has 0 bridgehead atoms. The average Bonchev–Trinajstić information content (AvgIpc) is 2.49. The quantitative estimate of drug-likeness (QED) is 0.921. The highest BCUT2D eigenvalue weighted by Crippen LogP contribution is 2.26. The van der Waals surface area contributed by atoms with E-state index in [2.05, 4.69) is 11.1 Å². The SMILES string of the molecule is CC[C@H](O)c1ccc(Oc2cc(C#N)ccc2C)cn1. The van der Waals surface area contributed by atoms with Gasteiger partial charge in [-0.25, -0.2) is 0 Å². The van der Waals surface area contributed by atoms with Crippen LogP contribution in [0.2, 0.25) is 0 Å². The van der Waals surface area contributed by atoms with E-state index in [-0.39, 0.29) is 0 Å². The minimum Gasteiger partial charge on any atom is -0.455 e. The third-order valence-corrected chi connectivity index (χ3v) is 3.03. The normalized spacial score (nSPS) is 11.7. The molecule has 0 aliphatic carbocycles. The molecule has 4 nitrogen and oxygen atoms in total. The van der Waals surface area contributed by atoms with E-state index in [0.717, 1.165) is 5.56 Å². The molecule has 0 aliphatic rings. The Bertz CT molecular complexity index is 630. The lowest BCUT2D eigenvalue weighted by atomic mass is 10.1. The number of pyridine rings is 1. The molecule has 0 unspecified atom stereocenters. The largest absolute Gasteiger partial charge is 0.455 e. The number of nitrogens with zero attached hydrogens (tertiary/aromatic N) is 2. The first-order valence-electron chi connectivity index (χ1n) is 6.46. The molecular formula is C16H16N2O2. The van der Waals surface area contributed by atoms with Crippen molar-refractivity contribution >= 4 is 0 Å². The van der Waals surface area contributed by atoms with E-state index >= 15 is 0 Å². The third-order valence-electron chi connectivity index (χ3n) is 3.03. The second-order valence-electron chi connectivity index (χ2n) is 4.54. The fourth-order valence-corrected chi connectivity index (χ4v) is 1.76. The van der Waals surface area contributed by atoms with Gasteiger partial charge in [-0.3, -0.25) is 4.98 Å². The number of hydrogen-bond acceptors (Lipinski definition) is 4. The number of aliphatic hydroxyl groups is 1. The van der Waals surface area contributed by atoms with Gasteiger partial charge in [-0.1, -0.05) is 13.0 Å². The average molecular weight is 268 g/mol. The first kappa shape index (κ1) is 14.0. The van der Waals surface area contributed by atoms with Crippen LogP contribution >= 0.6 is 0 Å². The number of aromatic nitrogens is 1. The maximum absolute atomic E-state index is 9.68. The summed E-state index contributed by atoms with van der Waals surface area (Å²) in [5.74, 6) is 1.21. The van der Waals surface area contributed by atoms with Crippen LogP contribution in [-0.2, 0) is 0 Å². The van der Waals surface area contributed by atoms with Crippen molar-refractivity contribution in [2.24, 2.45) is 0 Å². The van der Waals surface area contributed by atoms with Crippen molar-refractivity contribution in [1.82, 2.24) is 4.98 Å². The van der Waals surface area contributed by atoms with Crippen LogP contribution in [0.25, 0.3) is 0 Å². The van der Waals surface area contributed by atoms with Gasteiger partial charge in [-0.15, -0.1) is 0 Å². The molecule has 20 heavy (non-hydrogen) atoms. The zero-order valence-electron chi connectivity index (χ0n) is 11.5. The van der Waals surface area contributed by atoms with E-state index in [1.165, 1.54) is 0 Å². The molecule has 1 aromatic carbocycles. The minimum atomic E-state index is -0.548. The van der Waals surface area contributed by atoms with Gasteiger partial charge in [0.2, 0.25) is 0 Å². The van der Waals surface area contributed by atoms with E-state index in [9.17, 15) is 5.11 Å². The Morgan fingerprint density at radius 2 is 2.15 bits per heavy atom. The number of hydrogen-bond donors (Lipinski definition) is 1. The number of nitriles is 1. The van der Waals surface area contributed by atoms with Gasteiger partial charge in [0.05, 0.1) is 29.6 Å². The Kier molecular flexibility index (Phi) is 4.34. The molecule has 0 saturated heterocycles. The molecule has 1 N–H and O–H groups in total. The van der Waals surface area contributed by atoms with Crippen molar-refractivity contribution in [1.29, 1.82) is 5.26 Å². The summed E-state index contributed by atoms with van der Waals surface area (Å²) in [6.07, 6.45) is 1.65. The second kappa shape index (κ2) is 6.18. The summed E-state index contributed by atoms with van der Waals surface area (Å²) >= 11 is 0. The van der Waals surface area contributed by atoms with Gasteiger partial charge in [0.1, 0.15) is 11.5 Å². The third kappa shape index (κ3) is 3.14. The van der Waals surface area contributed by atoms with Crippen LogP contribution in [0, 0.1) is 18.3 Å². The summed E-state index contributed by atoms with van der Waals surface area (Å²) < 4.78 is 5.72. The first-order chi connectivity index (χ1) is 9.63. The van der Waals surface area contributed by atoms with E-state index < -0.39 is 6.10 Å². The lowest BCUT2D eigenvalue weighted by molar-refractivity contribution is 0.169. The number of aliphatic hydroxyl groups excluding tert-OH is 1. The molecule has 0 aliphatic heterocycles. The molecule has 4 heteroatoms. The van der Waals surface area contributed by atoms with Crippen molar-refractivity contribution < 1.29 is 9.84 Å². The van der Waals surface area contributed by atoms with E-state index in [1.807, 2.05) is 19.9 Å². The fourth-order valence-electron chi connectivity index (χ4n) is 1.76. The second-order valence-corrected chi connectivity index (χ2v) is 4.54. The topological polar surface area (TPSA) is 66.1 Å². The van der Waals surface area contributed by atoms with Crippen LogP contribution in [0.15, 0.2) is 36.5 Å². The van der Waals surface area contributed by atoms with Crippen molar-refractivity contribution in [2.45, 2.75) is 26.4 Å². The molecule has 0 saturated carbocycles. The van der Waals surface area contributed by atoms with Crippen LogP contribution in [0.5, 0.6) is 11.5 Å². The van der Waals surface area contributed by atoms with Gasteiger partial charge in [0, 0.05) is 0 Å². The Balaban J connectivity index is 2.20.